The average Bonchev–Trinajstić information content (AvgIpc) is 3.18. The van der Waals surface area contributed by atoms with Gasteiger partial charge in [-0.05, 0) is 23.1 Å². The molecule has 1 atom stereocenters. The molecule has 28 heavy (non-hydrogen) atoms. The van der Waals surface area contributed by atoms with Crippen molar-refractivity contribution >= 4 is 11.8 Å². The fourth-order valence-corrected chi connectivity index (χ4v) is 3.95. The summed E-state index contributed by atoms with van der Waals surface area (Å²) in [5.41, 5.74) is 3.77. The predicted octanol–water partition coefficient (Wildman–Crippen LogP) is 1.96. The van der Waals surface area contributed by atoms with Crippen molar-refractivity contribution in [3.05, 3.63) is 82.7 Å². The normalized spacial score (nSPS) is 18.2. The largest absolute Gasteiger partial charge is 0.342 e. The van der Waals surface area contributed by atoms with Crippen LogP contribution in [-0.2, 0) is 19.5 Å². The van der Waals surface area contributed by atoms with Gasteiger partial charge in [0, 0.05) is 13.1 Å². The molecular formula is C21H19N5O2. The number of nitrogens with one attached hydrogen (secondary N) is 1. The fourth-order valence-electron chi connectivity index (χ4n) is 3.95. The third-order valence-electron chi connectivity index (χ3n) is 5.43. The van der Waals surface area contributed by atoms with Gasteiger partial charge in [0.2, 0.25) is 0 Å². The Kier molecular flexibility index (Phi) is 3.93. The van der Waals surface area contributed by atoms with E-state index in [0.29, 0.717) is 19.6 Å². The van der Waals surface area contributed by atoms with Crippen molar-refractivity contribution in [2.24, 2.45) is 0 Å². The summed E-state index contributed by atoms with van der Waals surface area (Å²) in [5, 5.41) is 11.1. The number of aromatic nitrogens is 3. The number of hydrogen-bond donors (Lipinski definition) is 1. The molecule has 140 valence electrons. The van der Waals surface area contributed by atoms with Gasteiger partial charge in [-0.2, -0.15) is 0 Å². The lowest BCUT2D eigenvalue weighted by Crippen LogP contribution is -2.41. The predicted molar refractivity (Wildman–Crippen MR) is 102 cm³/mol. The molecule has 1 aromatic heterocycles. The van der Waals surface area contributed by atoms with Gasteiger partial charge in [-0.15, -0.1) is 5.10 Å². The minimum Gasteiger partial charge on any atom is -0.342 e. The minimum absolute atomic E-state index is 0.128. The summed E-state index contributed by atoms with van der Waals surface area (Å²) in [6, 6.07) is 17.7. The Balaban J connectivity index is 1.41. The van der Waals surface area contributed by atoms with Gasteiger partial charge < -0.3 is 10.2 Å². The highest BCUT2D eigenvalue weighted by Gasteiger charge is 2.34. The van der Waals surface area contributed by atoms with Crippen LogP contribution in [0.2, 0.25) is 0 Å². The van der Waals surface area contributed by atoms with Gasteiger partial charge in [-0.3, -0.25) is 9.59 Å². The molecule has 0 saturated heterocycles. The van der Waals surface area contributed by atoms with Crippen molar-refractivity contribution < 1.29 is 9.59 Å². The van der Waals surface area contributed by atoms with Gasteiger partial charge >= 0.3 is 0 Å². The molecule has 2 aliphatic heterocycles. The van der Waals surface area contributed by atoms with Crippen LogP contribution in [0.4, 0.5) is 0 Å². The molecule has 0 aliphatic carbocycles. The molecule has 0 saturated carbocycles. The van der Waals surface area contributed by atoms with Crippen LogP contribution >= 0.6 is 0 Å². The number of nitrogens with zero attached hydrogens (tertiary/aromatic N) is 4. The molecule has 7 nitrogen and oxygen atoms in total. The van der Waals surface area contributed by atoms with E-state index in [2.05, 4.69) is 21.7 Å². The summed E-state index contributed by atoms with van der Waals surface area (Å²) >= 11 is 0. The van der Waals surface area contributed by atoms with E-state index in [-0.39, 0.29) is 29.2 Å². The molecule has 3 heterocycles. The molecule has 0 bridgehead atoms. The smallest absolute Gasteiger partial charge is 0.277 e. The molecule has 0 unspecified atom stereocenters. The SMILES string of the molecule is O=C1N[C@@H](c2ccccc2)Cn2nnc(C(=O)N3CCc4ccccc4C3)c21. The second-order valence-electron chi connectivity index (χ2n) is 7.15. The third-order valence-corrected chi connectivity index (χ3v) is 5.43. The summed E-state index contributed by atoms with van der Waals surface area (Å²) in [5.74, 6) is -0.560. The van der Waals surface area contributed by atoms with E-state index in [1.54, 1.807) is 9.58 Å². The van der Waals surface area contributed by atoms with Crippen LogP contribution in [-0.4, -0.2) is 38.3 Å². The van der Waals surface area contributed by atoms with Crippen LogP contribution < -0.4 is 5.32 Å². The number of amides is 2. The number of fused-ring (bicyclic) bond motifs is 2. The first-order valence-electron chi connectivity index (χ1n) is 9.36. The molecule has 7 heteroatoms. The van der Waals surface area contributed by atoms with E-state index >= 15 is 0 Å². The number of carbonyl (C=O) groups excluding carboxylic acids is 2. The molecule has 3 aromatic rings. The van der Waals surface area contributed by atoms with Crippen molar-refractivity contribution in [1.82, 2.24) is 25.2 Å². The molecule has 1 N–H and O–H groups in total. The van der Waals surface area contributed by atoms with Gasteiger partial charge in [0.05, 0.1) is 12.6 Å². The maximum atomic E-state index is 13.1. The van der Waals surface area contributed by atoms with E-state index in [0.717, 1.165) is 17.5 Å². The Labute approximate surface area is 162 Å². The first kappa shape index (κ1) is 16.7. The molecule has 0 radical (unpaired) electrons. The summed E-state index contributed by atoms with van der Waals surface area (Å²) in [6.45, 7) is 1.58. The lowest BCUT2D eigenvalue weighted by Gasteiger charge is -2.29. The van der Waals surface area contributed by atoms with E-state index < -0.39 is 0 Å². The third kappa shape index (κ3) is 2.76. The van der Waals surface area contributed by atoms with Crippen molar-refractivity contribution in [2.75, 3.05) is 6.54 Å². The lowest BCUT2D eigenvalue weighted by molar-refractivity contribution is 0.0719. The Morgan fingerprint density at radius 1 is 1.04 bits per heavy atom. The first-order chi connectivity index (χ1) is 13.7. The molecule has 0 fully saturated rings. The second kappa shape index (κ2) is 6.60. The van der Waals surface area contributed by atoms with E-state index in [1.807, 2.05) is 48.5 Å². The van der Waals surface area contributed by atoms with Gasteiger partial charge in [0.1, 0.15) is 0 Å². The van der Waals surface area contributed by atoms with Crippen LogP contribution in [0.15, 0.2) is 54.6 Å². The Morgan fingerprint density at radius 2 is 1.79 bits per heavy atom. The Bertz CT molecular complexity index is 1060. The summed E-state index contributed by atoms with van der Waals surface area (Å²) in [7, 11) is 0. The average molecular weight is 373 g/mol. The highest BCUT2D eigenvalue weighted by molar-refractivity contribution is 6.05. The lowest BCUT2D eigenvalue weighted by atomic mass is 9.99. The maximum absolute atomic E-state index is 13.1. The first-order valence-corrected chi connectivity index (χ1v) is 9.36. The van der Waals surface area contributed by atoms with Crippen molar-refractivity contribution in [3.8, 4) is 0 Å². The zero-order chi connectivity index (χ0) is 19.1. The van der Waals surface area contributed by atoms with Gasteiger partial charge in [-0.25, -0.2) is 4.68 Å². The summed E-state index contributed by atoms with van der Waals surface area (Å²) < 4.78 is 1.54. The van der Waals surface area contributed by atoms with E-state index in [1.165, 1.54) is 5.56 Å². The van der Waals surface area contributed by atoms with Gasteiger partial charge in [-0.1, -0.05) is 59.8 Å². The second-order valence-corrected chi connectivity index (χ2v) is 7.15. The summed E-state index contributed by atoms with van der Waals surface area (Å²) in [4.78, 5) is 27.6. The summed E-state index contributed by atoms with van der Waals surface area (Å²) in [6.07, 6.45) is 0.799. The standard InChI is InChI=1S/C21H19N5O2/c27-20-19-18(21(28)25-11-10-14-6-4-5-9-16(14)12-25)23-24-26(19)13-17(22-20)15-7-2-1-3-8-15/h1-9,17H,10-13H2,(H,22,27)/t17-/m1/s1. The van der Waals surface area contributed by atoms with Gasteiger partial charge in [0.15, 0.2) is 11.4 Å². The van der Waals surface area contributed by atoms with Crippen molar-refractivity contribution in [1.29, 1.82) is 0 Å². The van der Waals surface area contributed by atoms with E-state index in [4.69, 9.17) is 0 Å². The molecule has 2 aliphatic rings. The quantitative estimate of drug-likeness (QED) is 0.745. The minimum atomic E-state index is -0.314. The van der Waals surface area contributed by atoms with Crippen molar-refractivity contribution in [2.45, 2.75) is 25.6 Å². The monoisotopic (exact) mass is 373 g/mol. The van der Waals surface area contributed by atoms with E-state index in [9.17, 15) is 9.59 Å². The highest BCUT2D eigenvalue weighted by Crippen LogP contribution is 2.24. The zero-order valence-corrected chi connectivity index (χ0v) is 15.2. The molecule has 5 rings (SSSR count). The van der Waals surface area contributed by atoms with Crippen LogP contribution in [0.1, 0.15) is 43.7 Å². The number of hydrogen-bond acceptors (Lipinski definition) is 4. The van der Waals surface area contributed by atoms with Crippen LogP contribution in [0, 0.1) is 0 Å². The number of benzene rings is 2. The Hall–Kier alpha value is -3.48. The number of rotatable bonds is 2. The van der Waals surface area contributed by atoms with Crippen LogP contribution in [0.25, 0.3) is 0 Å². The molecule has 2 amide bonds. The van der Waals surface area contributed by atoms with Gasteiger partial charge in [0.25, 0.3) is 11.8 Å². The molecular weight excluding hydrogens is 354 g/mol. The van der Waals surface area contributed by atoms with Crippen LogP contribution in [0.3, 0.4) is 0 Å². The van der Waals surface area contributed by atoms with Crippen LogP contribution in [0.5, 0.6) is 0 Å². The molecule has 2 aromatic carbocycles. The van der Waals surface area contributed by atoms with Crippen molar-refractivity contribution in [3.63, 3.8) is 0 Å². The molecule has 0 spiro atoms. The highest BCUT2D eigenvalue weighted by atomic mass is 16.2. The fraction of sp³-hybridized carbons (Fsp3) is 0.238. The topological polar surface area (TPSA) is 80.1 Å². The maximum Gasteiger partial charge on any atom is 0.277 e. The Morgan fingerprint density at radius 3 is 2.61 bits per heavy atom. The number of carbonyl (C=O) groups is 2. The zero-order valence-electron chi connectivity index (χ0n) is 15.2.